The van der Waals surface area contributed by atoms with Crippen molar-refractivity contribution >= 4 is 5.69 Å². The molecule has 0 atom stereocenters. The van der Waals surface area contributed by atoms with Crippen LogP contribution in [0.5, 0.6) is 5.75 Å². The van der Waals surface area contributed by atoms with Crippen molar-refractivity contribution in [3.05, 3.63) is 23.8 Å². The van der Waals surface area contributed by atoms with E-state index >= 15 is 0 Å². The Balaban J connectivity index is 3.03. The summed E-state index contributed by atoms with van der Waals surface area (Å²) in [7, 11) is 1.68. The third-order valence-electron chi connectivity index (χ3n) is 2.69. The van der Waals surface area contributed by atoms with Gasteiger partial charge in [0.2, 0.25) is 0 Å². The highest BCUT2D eigenvalue weighted by Gasteiger charge is 2.06. The van der Waals surface area contributed by atoms with E-state index in [4.69, 9.17) is 11.2 Å². The number of benzene rings is 1. The van der Waals surface area contributed by atoms with Crippen LogP contribution in [0.2, 0.25) is 0 Å². The molecule has 2 heteroatoms. The molecule has 0 N–H and O–H groups in total. The van der Waals surface area contributed by atoms with E-state index in [-0.39, 0.29) is 0 Å². The van der Waals surface area contributed by atoms with E-state index in [1.54, 1.807) is 7.11 Å². The number of terminal acetylenes is 1. The number of hydrogen-bond donors (Lipinski definition) is 0. The molecule has 1 aromatic carbocycles. The van der Waals surface area contributed by atoms with Gasteiger partial charge in [-0.2, -0.15) is 0 Å². The molecule has 0 radical (unpaired) electrons. The Morgan fingerprint density at radius 2 is 2.00 bits per heavy atom. The van der Waals surface area contributed by atoms with E-state index in [1.807, 2.05) is 6.07 Å². The Bertz CT molecular complexity index is 375. The summed E-state index contributed by atoms with van der Waals surface area (Å²) >= 11 is 0. The van der Waals surface area contributed by atoms with Gasteiger partial charge < -0.3 is 9.64 Å². The average Bonchev–Trinajstić information content (AvgIpc) is 2.32. The van der Waals surface area contributed by atoms with Crippen LogP contribution in [0.15, 0.2) is 18.2 Å². The van der Waals surface area contributed by atoms with Crippen molar-refractivity contribution in [2.75, 3.05) is 25.1 Å². The van der Waals surface area contributed by atoms with Gasteiger partial charge in [0.25, 0.3) is 0 Å². The first-order chi connectivity index (χ1) is 7.76. The molecule has 0 aliphatic heterocycles. The Morgan fingerprint density at radius 3 is 2.50 bits per heavy atom. The maximum absolute atomic E-state index is 5.36. The number of hydrogen-bond acceptors (Lipinski definition) is 2. The molecule has 0 aliphatic rings. The SMILES string of the molecule is C#CCc1ccc(N(CC)CC)cc1OC. The van der Waals surface area contributed by atoms with Crippen LogP contribution in [0, 0.1) is 12.3 Å². The van der Waals surface area contributed by atoms with E-state index in [0.29, 0.717) is 6.42 Å². The molecule has 0 bridgehead atoms. The molecule has 0 fully saturated rings. The maximum Gasteiger partial charge on any atom is 0.125 e. The lowest BCUT2D eigenvalue weighted by atomic mass is 10.1. The Kier molecular flexibility index (Phi) is 4.72. The van der Waals surface area contributed by atoms with Crippen LogP contribution < -0.4 is 9.64 Å². The number of methoxy groups -OCH3 is 1. The number of ether oxygens (including phenoxy) is 1. The third kappa shape index (κ3) is 2.70. The predicted molar refractivity (Wildman–Crippen MR) is 69.1 cm³/mol. The zero-order valence-electron chi connectivity index (χ0n) is 10.3. The lowest BCUT2D eigenvalue weighted by molar-refractivity contribution is 0.411. The molecule has 0 aromatic heterocycles. The summed E-state index contributed by atoms with van der Waals surface area (Å²) in [4.78, 5) is 2.28. The molecule has 0 spiro atoms. The van der Waals surface area contributed by atoms with Gasteiger partial charge in [-0.1, -0.05) is 6.07 Å². The summed E-state index contributed by atoms with van der Waals surface area (Å²) in [5, 5.41) is 0. The number of rotatable bonds is 5. The van der Waals surface area contributed by atoms with Gasteiger partial charge in [-0.25, -0.2) is 0 Å². The van der Waals surface area contributed by atoms with Gasteiger partial charge in [0.15, 0.2) is 0 Å². The van der Waals surface area contributed by atoms with Crippen LogP contribution in [0.25, 0.3) is 0 Å². The molecule has 16 heavy (non-hydrogen) atoms. The molecule has 0 amide bonds. The van der Waals surface area contributed by atoms with Gasteiger partial charge in [-0.3, -0.25) is 0 Å². The van der Waals surface area contributed by atoms with E-state index in [1.165, 1.54) is 5.69 Å². The quantitative estimate of drug-likeness (QED) is 0.703. The maximum atomic E-state index is 5.36. The summed E-state index contributed by atoms with van der Waals surface area (Å²) in [6.07, 6.45) is 5.93. The fraction of sp³-hybridized carbons (Fsp3) is 0.429. The monoisotopic (exact) mass is 217 g/mol. The Morgan fingerprint density at radius 1 is 1.31 bits per heavy atom. The van der Waals surface area contributed by atoms with Crippen molar-refractivity contribution in [2.24, 2.45) is 0 Å². The van der Waals surface area contributed by atoms with E-state index in [9.17, 15) is 0 Å². The zero-order chi connectivity index (χ0) is 12.0. The second-order valence-electron chi connectivity index (χ2n) is 3.55. The van der Waals surface area contributed by atoms with Gasteiger partial charge >= 0.3 is 0 Å². The zero-order valence-corrected chi connectivity index (χ0v) is 10.3. The van der Waals surface area contributed by atoms with Crippen molar-refractivity contribution in [1.29, 1.82) is 0 Å². The summed E-state index contributed by atoms with van der Waals surface area (Å²) in [6, 6.07) is 6.20. The van der Waals surface area contributed by atoms with Crippen LogP contribution in [0.4, 0.5) is 5.69 Å². The van der Waals surface area contributed by atoms with Crippen LogP contribution >= 0.6 is 0 Å². The van der Waals surface area contributed by atoms with Gasteiger partial charge in [0, 0.05) is 36.8 Å². The van der Waals surface area contributed by atoms with Crippen molar-refractivity contribution in [3.8, 4) is 18.1 Å². The molecule has 1 rings (SSSR count). The lowest BCUT2D eigenvalue weighted by Gasteiger charge is -2.22. The van der Waals surface area contributed by atoms with Gasteiger partial charge in [0.05, 0.1) is 7.11 Å². The average molecular weight is 217 g/mol. The fourth-order valence-electron chi connectivity index (χ4n) is 1.77. The normalized spacial score (nSPS) is 9.62. The second kappa shape index (κ2) is 6.07. The van der Waals surface area contributed by atoms with Gasteiger partial charge in [-0.15, -0.1) is 12.3 Å². The first kappa shape index (κ1) is 12.4. The van der Waals surface area contributed by atoms with E-state index in [2.05, 4.69) is 36.8 Å². The molecule has 86 valence electrons. The molecule has 0 saturated carbocycles. The molecule has 1 aromatic rings. The summed E-state index contributed by atoms with van der Waals surface area (Å²) < 4.78 is 5.36. The number of nitrogens with zero attached hydrogens (tertiary/aromatic N) is 1. The highest BCUT2D eigenvalue weighted by atomic mass is 16.5. The van der Waals surface area contributed by atoms with Crippen LogP contribution in [0.1, 0.15) is 19.4 Å². The Hall–Kier alpha value is -1.62. The highest BCUT2D eigenvalue weighted by molar-refractivity contribution is 5.54. The predicted octanol–water partition coefficient (Wildman–Crippen LogP) is 2.72. The van der Waals surface area contributed by atoms with Crippen LogP contribution in [-0.4, -0.2) is 20.2 Å². The summed E-state index contributed by atoms with van der Waals surface area (Å²) in [6.45, 7) is 6.28. The van der Waals surface area contributed by atoms with Crippen LogP contribution in [-0.2, 0) is 6.42 Å². The minimum Gasteiger partial charge on any atom is -0.496 e. The van der Waals surface area contributed by atoms with Gasteiger partial charge in [-0.05, 0) is 19.9 Å². The minimum atomic E-state index is 0.613. The van der Waals surface area contributed by atoms with E-state index in [0.717, 1.165) is 24.4 Å². The smallest absolute Gasteiger partial charge is 0.125 e. The van der Waals surface area contributed by atoms with Gasteiger partial charge in [0.1, 0.15) is 5.75 Å². The molecule has 0 saturated heterocycles. The number of anilines is 1. The summed E-state index contributed by atoms with van der Waals surface area (Å²) in [5.41, 5.74) is 2.25. The molecular weight excluding hydrogens is 198 g/mol. The summed E-state index contributed by atoms with van der Waals surface area (Å²) in [5.74, 6) is 3.52. The molecule has 2 nitrogen and oxygen atoms in total. The molecule has 0 unspecified atom stereocenters. The van der Waals surface area contributed by atoms with Crippen LogP contribution in [0.3, 0.4) is 0 Å². The second-order valence-corrected chi connectivity index (χ2v) is 3.55. The third-order valence-corrected chi connectivity index (χ3v) is 2.69. The fourth-order valence-corrected chi connectivity index (χ4v) is 1.77. The molecule has 0 aliphatic carbocycles. The molecular formula is C14H19NO. The highest BCUT2D eigenvalue weighted by Crippen LogP contribution is 2.25. The van der Waals surface area contributed by atoms with Crippen molar-refractivity contribution in [3.63, 3.8) is 0 Å². The van der Waals surface area contributed by atoms with E-state index < -0.39 is 0 Å². The first-order valence-corrected chi connectivity index (χ1v) is 5.62. The first-order valence-electron chi connectivity index (χ1n) is 5.62. The molecule has 0 heterocycles. The Labute approximate surface area is 98.2 Å². The van der Waals surface area contributed by atoms with Crippen molar-refractivity contribution in [1.82, 2.24) is 0 Å². The largest absolute Gasteiger partial charge is 0.496 e. The lowest BCUT2D eigenvalue weighted by Crippen LogP contribution is -2.21. The standard InChI is InChI=1S/C14H19NO/c1-5-8-12-9-10-13(11-14(12)16-4)15(6-2)7-3/h1,9-11H,6-8H2,2-4H3. The topological polar surface area (TPSA) is 12.5 Å². The van der Waals surface area contributed by atoms with Crippen molar-refractivity contribution < 1.29 is 4.74 Å². The van der Waals surface area contributed by atoms with Crippen molar-refractivity contribution in [2.45, 2.75) is 20.3 Å². The minimum absolute atomic E-state index is 0.613.